The van der Waals surface area contributed by atoms with Crippen LogP contribution < -0.4 is 11.1 Å². The van der Waals surface area contributed by atoms with Gasteiger partial charge in [0.15, 0.2) is 11.9 Å². The molecule has 13 nitrogen and oxygen atoms in total. The minimum Gasteiger partial charge on any atom is -0.492 e. The van der Waals surface area contributed by atoms with E-state index in [9.17, 15) is 24.3 Å². The summed E-state index contributed by atoms with van der Waals surface area (Å²) < 4.78 is 22.3. The molecule has 13 heteroatoms. The van der Waals surface area contributed by atoms with Crippen LogP contribution in [0.1, 0.15) is 80.1 Å². The Bertz CT molecular complexity index is 1420. The number of carbonyl (C=O) groups is 4. The minimum absolute atomic E-state index is 0.0831. The fraction of sp³-hybridized carbons (Fsp3) is 0.605. The second-order valence-electron chi connectivity index (χ2n) is 13.2. The van der Waals surface area contributed by atoms with E-state index in [0.717, 1.165) is 25.7 Å². The van der Waals surface area contributed by atoms with Gasteiger partial charge in [0.2, 0.25) is 11.6 Å². The van der Waals surface area contributed by atoms with Crippen LogP contribution in [0.4, 0.5) is 4.79 Å². The number of allylic oxidation sites excluding steroid dienone is 4. The molecule has 0 unspecified atom stereocenters. The van der Waals surface area contributed by atoms with Gasteiger partial charge in [0, 0.05) is 44.4 Å². The molecule has 0 radical (unpaired) electrons. The van der Waals surface area contributed by atoms with Gasteiger partial charge in [0.1, 0.15) is 11.8 Å². The van der Waals surface area contributed by atoms with Gasteiger partial charge in [-0.25, -0.2) is 4.79 Å². The van der Waals surface area contributed by atoms with Crippen LogP contribution in [0.25, 0.3) is 0 Å². The topological polar surface area (TPSA) is 179 Å². The fourth-order valence-electron chi connectivity index (χ4n) is 6.04. The molecule has 2 aliphatic rings. The lowest BCUT2D eigenvalue weighted by molar-refractivity contribution is -0.121. The molecule has 4 N–H and O–H groups in total. The van der Waals surface area contributed by atoms with Crippen LogP contribution in [0.15, 0.2) is 63.2 Å². The smallest absolute Gasteiger partial charge is 0.405 e. The number of unbranched alkanes of at least 4 members (excludes halogenated alkanes) is 2. The van der Waals surface area contributed by atoms with E-state index in [-0.39, 0.29) is 40.5 Å². The van der Waals surface area contributed by atoms with E-state index in [0.29, 0.717) is 25.1 Å². The van der Waals surface area contributed by atoms with Gasteiger partial charge in [-0.3, -0.25) is 19.4 Å². The highest BCUT2D eigenvalue weighted by molar-refractivity contribution is 6.32. The number of aliphatic hydroxyl groups excluding tert-OH is 1. The molecule has 1 aliphatic heterocycles. The number of nitrogens with zero attached hydrogens (tertiary/aromatic N) is 2. The van der Waals surface area contributed by atoms with Crippen LogP contribution in [0.3, 0.4) is 0 Å². The first kappa shape index (κ1) is 43.1. The number of amides is 2. The molecule has 2 amide bonds. The molecule has 2 bridgehead atoms. The van der Waals surface area contributed by atoms with Gasteiger partial charge >= 0.3 is 6.09 Å². The molecule has 1 heterocycles. The molecular formula is C38H58N4O9. The normalized spacial score (nSPS) is 28.5. The molecule has 51 heavy (non-hydrogen) atoms. The summed E-state index contributed by atoms with van der Waals surface area (Å²) in [6.07, 6.45) is 7.45. The largest absolute Gasteiger partial charge is 0.492 e. The molecule has 0 saturated heterocycles. The number of aliphatic hydroxyl groups is 1. The molecule has 0 saturated carbocycles. The number of Topliss-reactive ketones (excluding diaryl/α,β-unsaturated/α-hetero) is 2. The third-order valence-corrected chi connectivity index (χ3v) is 9.03. The van der Waals surface area contributed by atoms with Crippen LogP contribution in [-0.4, -0.2) is 98.7 Å². The first-order valence-electron chi connectivity index (χ1n) is 17.7. The average Bonchev–Trinajstić information content (AvgIpc) is 3.09. The number of ether oxygens (including phenoxy) is 4. The van der Waals surface area contributed by atoms with Crippen molar-refractivity contribution in [3.05, 3.63) is 58.1 Å². The Balaban J connectivity index is 2.77. The Labute approximate surface area is 302 Å². The number of methoxy groups -OCH3 is 3. The number of ketones is 2. The summed E-state index contributed by atoms with van der Waals surface area (Å²) in [6, 6.07) is 0. The zero-order valence-electron chi connectivity index (χ0n) is 31.7. The molecular weight excluding hydrogens is 656 g/mol. The Morgan fingerprint density at radius 3 is 2.25 bits per heavy atom. The monoisotopic (exact) mass is 714 g/mol. The van der Waals surface area contributed by atoms with Crippen molar-refractivity contribution < 1.29 is 43.2 Å². The summed E-state index contributed by atoms with van der Waals surface area (Å²) in [6.45, 7) is 12.5. The number of nitrogens with two attached hydrogens (primary N) is 1. The molecule has 284 valence electrons. The van der Waals surface area contributed by atoms with Crippen molar-refractivity contribution in [3.8, 4) is 0 Å². The van der Waals surface area contributed by atoms with Crippen molar-refractivity contribution in [2.45, 2.75) is 104 Å². The minimum atomic E-state index is -1.01. The summed E-state index contributed by atoms with van der Waals surface area (Å²) in [4.78, 5) is 53.7. The van der Waals surface area contributed by atoms with Crippen molar-refractivity contribution in [1.29, 1.82) is 0 Å². The lowest BCUT2D eigenvalue weighted by atomic mass is 9.84. The molecule has 0 spiro atoms. The number of rotatable bonds is 12. The number of nitrogens with one attached hydrogen (secondary N) is 1. The molecule has 6 atom stereocenters. The Hall–Kier alpha value is -4.07. The second kappa shape index (κ2) is 21.3. The van der Waals surface area contributed by atoms with Crippen molar-refractivity contribution in [2.75, 3.05) is 34.4 Å². The van der Waals surface area contributed by atoms with Gasteiger partial charge in [-0.05, 0) is 51.0 Å². The van der Waals surface area contributed by atoms with Crippen molar-refractivity contribution >= 4 is 29.8 Å². The Morgan fingerprint density at radius 1 is 1.06 bits per heavy atom. The zero-order valence-corrected chi connectivity index (χ0v) is 31.7. The first-order chi connectivity index (χ1) is 24.2. The quantitative estimate of drug-likeness (QED) is 0.111. The predicted molar refractivity (Wildman–Crippen MR) is 195 cm³/mol. The van der Waals surface area contributed by atoms with Crippen molar-refractivity contribution in [3.63, 3.8) is 0 Å². The van der Waals surface area contributed by atoms with Gasteiger partial charge in [0.25, 0.3) is 5.91 Å². The lowest BCUT2D eigenvalue weighted by Gasteiger charge is -2.30. The van der Waals surface area contributed by atoms with Crippen LogP contribution in [0, 0.1) is 11.8 Å². The lowest BCUT2D eigenvalue weighted by Crippen LogP contribution is -2.38. The predicted octanol–water partition coefficient (Wildman–Crippen LogP) is 4.67. The van der Waals surface area contributed by atoms with Crippen LogP contribution in [0.5, 0.6) is 0 Å². The zero-order chi connectivity index (χ0) is 38.2. The number of primary amides is 1. The van der Waals surface area contributed by atoms with E-state index in [2.05, 4.69) is 24.3 Å². The maximum absolute atomic E-state index is 14.3. The van der Waals surface area contributed by atoms with Gasteiger partial charge in [-0.1, -0.05) is 64.8 Å². The number of hydrazone groups is 1. The Morgan fingerprint density at radius 2 is 1.71 bits per heavy atom. The highest BCUT2D eigenvalue weighted by Gasteiger charge is 2.38. The molecule has 0 fully saturated rings. The van der Waals surface area contributed by atoms with E-state index in [1.54, 1.807) is 39.0 Å². The maximum atomic E-state index is 14.3. The molecule has 2 rings (SSSR count). The van der Waals surface area contributed by atoms with E-state index in [4.69, 9.17) is 24.7 Å². The third-order valence-electron chi connectivity index (χ3n) is 9.03. The maximum Gasteiger partial charge on any atom is 0.405 e. The highest BCUT2D eigenvalue weighted by Crippen LogP contribution is 2.31. The van der Waals surface area contributed by atoms with Gasteiger partial charge in [-0.15, -0.1) is 0 Å². The summed E-state index contributed by atoms with van der Waals surface area (Å²) >= 11 is 0. The van der Waals surface area contributed by atoms with E-state index >= 15 is 0 Å². The molecule has 0 aromatic heterocycles. The van der Waals surface area contributed by atoms with Gasteiger partial charge in [0.05, 0.1) is 31.1 Å². The third kappa shape index (κ3) is 12.3. The van der Waals surface area contributed by atoms with Crippen LogP contribution in [-0.2, 0) is 33.3 Å². The van der Waals surface area contributed by atoms with E-state index < -0.39 is 53.9 Å². The molecule has 1 aliphatic carbocycles. The number of carbonyl (C=O) groups excluding carboxylic acids is 4. The average molecular weight is 715 g/mol. The van der Waals surface area contributed by atoms with Crippen molar-refractivity contribution in [2.24, 2.45) is 22.7 Å². The summed E-state index contributed by atoms with van der Waals surface area (Å²) in [7, 11) is 4.26. The van der Waals surface area contributed by atoms with E-state index in [1.165, 1.54) is 33.6 Å². The fourth-order valence-corrected chi connectivity index (χ4v) is 6.04. The first-order valence-corrected chi connectivity index (χ1v) is 17.7. The summed E-state index contributed by atoms with van der Waals surface area (Å²) in [5.41, 5.74) is 6.02. The second-order valence-corrected chi connectivity index (χ2v) is 13.2. The number of fused-ring (bicyclic) bond motifs is 2. The Kier molecular flexibility index (Phi) is 18.0. The van der Waals surface area contributed by atoms with Crippen LogP contribution >= 0.6 is 0 Å². The van der Waals surface area contributed by atoms with Gasteiger partial charge in [-0.2, -0.15) is 5.10 Å². The van der Waals surface area contributed by atoms with Crippen molar-refractivity contribution in [1.82, 2.24) is 10.3 Å². The van der Waals surface area contributed by atoms with Gasteiger partial charge < -0.3 is 35.1 Å². The SMILES string of the molecule is CCCCN(CCCC)/N=C/C1=C2NC(=O)/C(C)=C\C=C/[C@@H](OC)[C@@H](OC(N)=O)/C(C)=C\[C@@H](C)[C@@H](O)[C@@H](OC)C[C@@H](C)CC(=C(OC)C1=O)C2=O. The number of hydrogen-bond donors (Lipinski definition) is 3. The van der Waals surface area contributed by atoms with Crippen LogP contribution in [0.2, 0.25) is 0 Å². The highest BCUT2D eigenvalue weighted by atomic mass is 16.6. The summed E-state index contributed by atoms with van der Waals surface area (Å²) in [5, 5.41) is 20.5. The number of hydrogen-bond acceptors (Lipinski definition) is 11. The van der Waals surface area contributed by atoms with E-state index in [1.807, 2.05) is 11.9 Å². The summed E-state index contributed by atoms with van der Waals surface area (Å²) in [5.74, 6) is -2.61. The standard InChI is InChI=1S/C38H58N4O9/c1-10-12-17-42(18-13-11-2)40-22-28-31-33(44)27(36(50-9)34(28)45)19-23(3)20-30(49-8)32(43)25(5)21-26(6)35(51-38(39)47)29(48-7)16-14-15-24(4)37(46)41-31/h14-16,21-23,25,29-30,32,35,43H,10-13,17-20H2,1-9H3,(H2,39,47)(H,41,46)/b16-14-,24-15-,26-21-,40-22+/t23-,25+,29+,30-,32+,35-/m0/s1. The molecule has 0 aromatic carbocycles. The molecule has 0 aromatic rings.